The summed E-state index contributed by atoms with van der Waals surface area (Å²) in [6, 6.07) is 11.6. The highest BCUT2D eigenvalue weighted by atomic mass is 19.1. The van der Waals surface area contributed by atoms with Gasteiger partial charge in [0.2, 0.25) is 11.8 Å². The maximum Gasteiger partial charge on any atom is 0.319 e. The molecule has 2 aromatic rings. The molecule has 1 aliphatic rings. The van der Waals surface area contributed by atoms with Gasteiger partial charge in [-0.2, -0.15) is 0 Å². The zero-order valence-corrected chi connectivity index (χ0v) is 14.7. The fourth-order valence-corrected chi connectivity index (χ4v) is 2.91. The monoisotopic (exact) mass is 370 g/mol. The van der Waals surface area contributed by atoms with Gasteiger partial charge in [-0.1, -0.05) is 6.07 Å². The molecule has 1 saturated heterocycles. The standard InChI is InChI=1S/C19H19FN4O3/c1-12(25)21-14-3-2-4-15(9-14)22-19(27)23-16-10-18(26)24(11-16)17-7-5-13(20)6-8-17/h2-9,16H,10-11H2,1H3,(H,21,25)(H2,22,23,27). The fraction of sp³-hybridized carbons (Fsp3) is 0.211. The molecule has 3 N–H and O–H groups in total. The van der Waals surface area contributed by atoms with Crippen molar-refractivity contribution in [3.63, 3.8) is 0 Å². The Bertz CT molecular complexity index is 870. The maximum atomic E-state index is 13.0. The van der Waals surface area contributed by atoms with Crippen molar-refractivity contribution in [3.8, 4) is 0 Å². The molecule has 0 bridgehead atoms. The molecule has 8 heteroatoms. The first-order chi connectivity index (χ1) is 12.9. The third-order valence-electron chi connectivity index (χ3n) is 4.04. The van der Waals surface area contributed by atoms with Crippen LogP contribution in [-0.2, 0) is 9.59 Å². The van der Waals surface area contributed by atoms with Crippen LogP contribution in [0.15, 0.2) is 48.5 Å². The van der Waals surface area contributed by atoms with Gasteiger partial charge in [-0.3, -0.25) is 9.59 Å². The predicted octanol–water partition coefficient (Wildman–Crippen LogP) is 2.71. The van der Waals surface area contributed by atoms with Crippen LogP contribution in [0, 0.1) is 5.82 Å². The minimum absolute atomic E-state index is 0.139. The molecule has 0 aliphatic carbocycles. The molecular weight excluding hydrogens is 351 g/mol. The van der Waals surface area contributed by atoms with E-state index < -0.39 is 6.03 Å². The van der Waals surface area contributed by atoms with E-state index in [0.717, 1.165) is 0 Å². The van der Waals surface area contributed by atoms with Gasteiger partial charge in [0, 0.05) is 37.0 Å². The van der Waals surface area contributed by atoms with Crippen LogP contribution in [0.1, 0.15) is 13.3 Å². The Morgan fingerprint density at radius 2 is 1.74 bits per heavy atom. The Morgan fingerprint density at radius 3 is 2.41 bits per heavy atom. The van der Waals surface area contributed by atoms with Gasteiger partial charge < -0.3 is 20.9 Å². The average Bonchev–Trinajstić information content (AvgIpc) is 2.95. The normalized spacial score (nSPS) is 16.1. The van der Waals surface area contributed by atoms with E-state index in [2.05, 4.69) is 16.0 Å². The third-order valence-corrected chi connectivity index (χ3v) is 4.04. The SMILES string of the molecule is CC(=O)Nc1cccc(NC(=O)NC2CC(=O)N(c3ccc(F)cc3)C2)c1. The van der Waals surface area contributed by atoms with Crippen LogP contribution in [-0.4, -0.2) is 30.4 Å². The largest absolute Gasteiger partial charge is 0.333 e. The first-order valence-electron chi connectivity index (χ1n) is 8.42. The number of anilines is 3. The molecule has 1 atom stereocenters. The number of amides is 4. The molecule has 7 nitrogen and oxygen atoms in total. The van der Waals surface area contributed by atoms with E-state index in [1.54, 1.807) is 24.3 Å². The molecule has 3 rings (SSSR count). The lowest BCUT2D eigenvalue weighted by atomic mass is 10.2. The molecule has 27 heavy (non-hydrogen) atoms. The van der Waals surface area contributed by atoms with Gasteiger partial charge >= 0.3 is 6.03 Å². The number of hydrogen-bond acceptors (Lipinski definition) is 3. The van der Waals surface area contributed by atoms with E-state index in [-0.39, 0.29) is 30.1 Å². The minimum atomic E-state index is -0.450. The van der Waals surface area contributed by atoms with Crippen molar-refractivity contribution in [2.45, 2.75) is 19.4 Å². The molecule has 0 radical (unpaired) electrons. The Hall–Kier alpha value is -3.42. The van der Waals surface area contributed by atoms with Crippen LogP contribution in [0.25, 0.3) is 0 Å². The van der Waals surface area contributed by atoms with Crippen molar-refractivity contribution in [2.75, 3.05) is 22.1 Å². The second-order valence-corrected chi connectivity index (χ2v) is 6.24. The second kappa shape index (κ2) is 7.86. The molecule has 1 unspecified atom stereocenters. The number of benzene rings is 2. The van der Waals surface area contributed by atoms with Gasteiger partial charge in [0.05, 0.1) is 6.04 Å². The Balaban J connectivity index is 1.58. The van der Waals surface area contributed by atoms with Crippen molar-refractivity contribution in [1.82, 2.24) is 5.32 Å². The summed E-state index contributed by atoms with van der Waals surface area (Å²) in [6.07, 6.45) is 0.163. The van der Waals surface area contributed by atoms with Crippen LogP contribution in [0.2, 0.25) is 0 Å². The van der Waals surface area contributed by atoms with E-state index in [9.17, 15) is 18.8 Å². The van der Waals surface area contributed by atoms with E-state index in [1.165, 1.54) is 36.1 Å². The highest BCUT2D eigenvalue weighted by Crippen LogP contribution is 2.22. The first-order valence-corrected chi connectivity index (χ1v) is 8.42. The van der Waals surface area contributed by atoms with Gasteiger partial charge in [0.1, 0.15) is 5.82 Å². The van der Waals surface area contributed by atoms with Crippen LogP contribution in [0.3, 0.4) is 0 Å². The topological polar surface area (TPSA) is 90.5 Å². The van der Waals surface area contributed by atoms with Gasteiger partial charge in [-0.15, -0.1) is 0 Å². The smallest absolute Gasteiger partial charge is 0.319 e. The summed E-state index contributed by atoms with van der Waals surface area (Å²) >= 11 is 0. The van der Waals surface area contributed by atoms with E-state index >= 15 is 0 Å². The quantitative estimate of drug-likeness (QED) is 0.773. The first kappa shape index (κ1) is 18.4. The third kappa shape index (κ3) is 4.81. The minimum Gasteiger partial charge on any atom is -0.333 e. The van der Waals surface area contributed by atoms with Gasteiger partial charge in [0.15, 0.2) is 0 Å². The van der Waals surface area contributed by atoms with Crippen LogP contribution < -0.4 is 20.9 Å². The summed E-state index contributed by atoms with van der Waals surface area (Å²) in [7, 11) is 0. The molecule has 0 saturated carbocycles. The van der Waals surface area contributed by atoms with Crippen molar-refractivity contribution in [3.05, 3.63) is 54.3 Å². The van der Waals surface area contributed by atoms with Crippen molar-refractivity contribution in [2.24, 2.45) is 0 Å². The summed E-state index contributed by atoms with van der Waals surface area (Å²) in [6.45, 7) is 1.71. The van der Waals surface area contributed by atoms with Gasteiger partial charge in [-0.05, 0) is 42.5 Å². The summed E-state index contributed by atoms with van der Waals surface area (Å²) in [5.41, 5.74) is 1.67. The number of rotatable bonds is 4. The van der Waals surface area contributed by atoms with Crippen LogP contribution in [0.4, 0.5) is 26.2 Å². The summed E-state index contributed by atoms with van der Waals surface area (Å²) in [4.78, 5) is 37.0. The molecule has 2 aromatic carbocycles. The van der Waals surface area contributed by atoms with Crippen molar-refractivity contribution in [1.29, 1.82) is 0 Å². The fourth-order valence-electron chi connectivity index (χ4n) is 2.91. The lowest BCUT2D eigenvalue weighted by Gasteiger charge is -2.17. The Labute approximate surface area is 155 Å². The molecule has 1 aliphatic heterocycles. The van der Waals surface area contributed by atoms with E-state index in [0.29, 0.717) is 23.6 Å². The maximum absolute atomic E-state index is 13.0. The number of nitrogens with zero attached hydrogens (tertiary/aromatic N) is 1. The number of halogens is 1. The van der Waals surface area contributed by atoms with Gasteiger partial charge in [-0.25, -0.2) is 9.18 Å². The zero-order valence-electron chi connectivity index (χ0n) is 14.7. The van der Waals surface area contributed by atoms with Gasteiger partial charge in [0.25, 0.3) is 0 Å². The average molecular weight is 370 g/mol. The summed E-state index contributed by atoms with van der Waals surface area (Å²) in [5, 5.41) is 8.07. The molecule has 0 aromatic heterocycles. The Morgan fingerprint density at radius 1 is 1.07 bits per heavy atom. The highest BCUT2D eigenvalue weighted by Gasteiger charge is 2.31. The van der Waals surface area contributed by atoms with Crippen LogP contribution >= 0.6 is 0 Å². The molecule has 1 fully saturated rings. The number of urea groups is 1. The van der Waals surface area contributed by atoms with Crippen molar-refractivity contribution >= 4 is 34.9 Å². The number of nitrogens with one attached hydrogen (secondary N) is 3. The lowest BCUT2D eigenvalue weighted by molar-refractivity contribution is -0.117. The molecule has 4 amide bonds. The number of carbonyl (C=O) groups excluding carboxylic acids is 3. The Kier molecular flexibility index (Phi) is 5.35. The number of hydrogen-bond donors (Lipinski definition) is 3. The van der Waals surface area contributed by atoms with Crippen molar-refractivity contribution < 1.29 is 18.8 Å². The van der Waals surface area contributed by atoms with E-state index in [1.807, 2.05) is 0 Å². The molecule has 1 heterocycles. The highest BCUT2D eigenvalue weighted by molar-refractivity contribution is 5.98. The molecule has 0 spiro atoms. The summed E-state index contributed by atoms with van der Waals surface area (Å²) < 4.78 is 13.0. The molecular formula is C19H19FN4O3. The lowest BCUT2D eigenvalue weighted by Crippen LogP contribution is -2.39. The number of carbonyl (C=O) groups is 3. The second-order valence-electron chi connectivity index (χ2n) is 6.24. The predicted molar refractivity (Wildman–Crippen MR) is 100 cm³/mol. The molecule has 140 valence electrons. The van der Waals surface area contributed by atoms with Crippen LogP contribution in [0.5, 0.6) is 0 Å². The summed E-state index contributed by atoms with van der Waals surface area (Å²) in [5.74, 6) is -0.720. The van der Waals surface area contributed by atoms with E-state index in [4.69, 9.17) is 0 Å². The zero-order chi connectivity index (χ0) is 19.4.